The first-order valence-corrected chi connectivity index (χ1v) is 8.15. The van der Waals surface area contributed by atoms with Gasteiger partial charge in [0, 0.05) is 6.54 Å². The fourth-order valence-electron chi connectivity index (χ4n) is 2.86. The number of benzene rings is 2. The summed E-state index contributed by atoms with van der Waals surface area (Å²) in [5, 5.41) is 12.0. The van der Waals surface area contributed by atoms with Gasteiger partial charge in [0.2, 0.25) is 0 Å². The van der Waals surface area contributed by atoms with Gasteiger partial charge >= 0.3 is 0 Å². The van der Waals surface area contributed by atoms with Gasteiger partial charge in [-0.3, -0.25) is 4.79 Å². The molecule has 0 atom stereocenters. The highest BCUT2D eigenvalue weighted by molar-refractivity contribution is 5.77. The maximum absolute atomic E-state index is 11.9. The molecule has 0 aliphatic carbocycles. The Morgan fingerprint density at radius 3 is 2.50 bits per heavy atom. The molecule has 0 fully saturated rings. The minimum absolute atomic E-state index is 0.0270. The molecule has 0 bridgehead atoms. The number of nitrogens with one attached hydrogen (secondary N) is 1. The molecule has 128 valence electrons. The molecule has 0 unspecified atom stereocenters. The van der Waals surface area contributed by atoms with Crippen LogP contribution >= 0.6 is 0 Å². The number of rotatable bonds is 7. The Hall–Kier alpha value is -2.33. The van der Waals surface area contributed by atoms with E-state index in [4.69, 9.17) is 9.84 Å². The highest BCUT2D eigenvalue weighted by Crippen LogP contribution is 2.16. The lowest BCUT2D eigenvalue weighted by Crippen LogP contribution is -2.30. The summed E-state index contributed by atoms with van der Waals surface area (Å²) in [6.07, 6.45) is 0.809. The number of aliphatic hydroxyl groups excluding tert-OH is 1. The molecule has 0 saturated heterocycles. The molecule has 0 saturated carbocycles. The zero-order valence-electron chi connectivity index (χ0n) is 14.6. The molecule has 0 aliphatic rings. The molecule has 0 radical (unpaired) electrons. The van der Waals surface area contributed by atoms with Gasteiger partial charge in [0.25, 0.3) is 5.91 Å². The monoisotopic (exact) mass is 327 g/mol. The number of ether oxygens (including phenoxy) is 1. The van der Waals surface area contributed by atoms with Crippen molar-refractivity contribution in [3.63, 3.8) is 0 Å². The number of hydrogen-bond acceptors (Lipinski definition) is 3. The van der Waals surface area contributed by atoms with E-state index in [2.05, 4.69) is 38.2 Å². The van der Waals surface area contributed by atoms with Gasteiger partial charge in [0.1, 0.15) is 5.75 Å². The van der Waals surface area contributed by atoms with E-state index in [-0.39, 0.29) is 19.1 Å². The second-order valence-electron chi connectivity index (χ2n) is 6.07. The molecule has 0 aromatic heterocycles. The van der Waals surface area contributed by atoms with Crippen LogP contribution in [-0.2, 0) is 17.8 Å². The van der Waals surface area contributed by atoms with Crippen LogP contribution in [-0.4, -0.2) is 24.2 Å². The normalized spacial score (nSPS) is 10.5. The molecule has 2 aromatic carbocycles. The zero-order chi connectivity index (χ0) is 17.5. The Balaban J connectivity index is 1.79. The molecular weight excluding hydrogens is 302 g/mol. The van der Waals surface area contributed by atoms with Crippen LogP contribution in [0.25, 0.3) is 0 Å². The Morgan fingerprint density at radius 2 is 1.83 bits per heavy atom. The van der Waals surface area contributed by atoms with Crippen molar-refractivity contribution in [1.82, 2.24) is 5.32 Å². The quantitative estimate of drug-likeness (QED) is 0.822. The van der Waals surface area contributed by atoms with Crippen molar-refractivity contribution >= 4 is 5.91 Å². The molecule has 0 spiro atoms. The minimum Gasteiger partial charge on any atom is -0.484 e. The van der Waals surface area contributed by atoms with E-state index in [0.29, 0.717) is 12.3 Å². The summed E-state index contributed by atoms with van der Waals surface area (Å²) in [5.41, 5.74) is 5.84. The largest absolute Gasteiger partial charge is 0.484 e. The third kappa shape index (κ3) is 5.10. The van der Waals surface area contributed by atoms with E-state index >= 15 is 0 Å². The summed E-state index contributed by atoms with van der Waals surface area (Å²) in [5.74, 6) is 0.439. The van der Waals surface area contributed by atoms with Crippen molar-refractivity contribution in [3.8, 4) is 5.75 Å². The third-order valence-electron chi connectivity index (χ3n) is 3.99. The molecule has 4 heteroatoms. The van der Waals surface area contributed by atoms with Crippen molar-refractivity contribution in [3.05, 3.63) is 64.2 Å². The molecule has 24 heavy (non-hydrogen) atoms. The number of carbonyl (C=O) groups excluding carboxylic acids is 1. The van der Waals surface area contributed by atoms with Crippen LogP contribution in [0.4, 0.5) is 0 Å². The van der Waals surface area contributed by atoms with Crippen LogP contribution in [0, 0.1) is 20.8 Å². The molecule has 2 rings (SSSR count). The van der Waals surface area contributed by atoms with Crippen molar-refractivity contribution in [2.75, 3.05) is 13.2 Å². The number of carbonyl (C=O) groups is 1. The van der Waals surface area contributed by atoms with Crippen LogP contribution in [0.2, 0.25) is 0 Å². The Kier molecular flexibility index (Phi) is 6.38. The highest BCUT2D eigenvalue weighted by atomic mass is 16.5. The van der Waals surface area contributed by atoms with Gasteiger partial charge in [-0.2, -0.15) is 0 Å². The van der Waals surface area contributed by atoms with E-state index in [0.717, 1.165) is 12.0 Å². The molecule has 0 aliphatic heterocycles. The van der Waals surface area contributed by atoms with Gasteiger partial charge in [-0.1, -0.05) is 29.8 Å². The maximum atomic E-state index is 11.9. The summed E-state index contributed by atoms with van der Waals surface area (Å²) in [6, 6.07) is 11.4. The fraction of sp³-hybridized carbons (Fsp3) is 0.350. The topological polar surface area (TPSA) is 58.6 Å². The summed E-state index contributed by atoms with van der Waals surface area (Å²) < 4.78 is 5.45. The van der Waals surface area contributed by atoms with E-state index in [9.17, 15) is 4.79 Å². The second kappa shape index (κ2) is 8.50. The standard InChI is InChI=1S/C20H25NO3/c1-14-9-15(2)19(16(3)10-14)7-8-21-20(23)13-24-18-6-4-5-17(11-18)12-22/h4-6,9-11,22H,7-8,12-13H2,1-3H3,(H,21,23). The summed E-state index contributed by atoms with van der Waals surface area (Å²) >= 11 is 0. The van der Waals surface area contributed by atoms with Gasteiger partial charge in [0.05, 0.1) is 6.61 Å². The van der Waals surface area contributed by atoms with E-state index in [1.54, 1.807) is 24.3 Å². The first-order chi connectivity index (χ1) is 11.5. The van der Waals surface area contributed by atoms with Crippen LogP contribution in [0.3, 0.4) is 0 Å². The van der Waals surface area contributed by atoms with Gasteiger partial charge in [0.15, 0.2) is 6.61 Å². The number of amides is 1. The third-order valence-corrected chi connectivity index (χ3v) is 3.99. The SMILES string of the molecule is Cc1cc(C)c(CCNC(=O)COc2cccc(CO)c2)c(C)c1. The fourth-order valence-corrected chi connectivity index (χ4v) is 2.86. The first kappa shape index (κ1) is 18.0. The Labute approximate surface area is 143 Å². The lowest BCUT2D eigenvalue weighted by molar-refractivity contribution is -0.123. The van der Waals surface area contributed by atoms with Gasteiger partial charge in [-0.25, -0.2) is 0 Å². The van der Waals surface area contributed by atoms with Crippen molar-refractivity contribution in [2.45, 2.75) is 33.8 Å². The average molecular weight is 327 g/mol. The van der Waals surface area contributed by atoms with Crippen LogP contribution in [0.5, 0.6) is 5.75 Å². The Bertz CT molecular complexity index is 687. The average Bonchev–Trinajstić information content (AvgIpc) is 2.55. The van der Waals surface area contributed by atoms with E-state index in [1.165, 1.54) is 22.3 Å². The number of hydrogen-bond donors (Lipinski definition) is 2. The van der Waals surface area contributed by atoms with Gasteiger partial charge in [-0.05, 0) is 61.6 Å². The van der Waals surface area contributed by atoms with E-state index < -0.39 is 0 Å². The smallest absolute Gasteiger partial charge is 0.257 e. The predicted octanol–water partition coefficient (Wildman–Crippen LogP) is 2.84. The summed E-state index contributed by atoms with van der Waals surface area (Å²) in [6.45, 7) is 6.82. The van der Waals surface area contributed by atoms with E-state index in [1.807, 2.05) is 0 Å². The molecule has 4 nitrogen and oxygen atoms in total. The number of aryl methyl sites for hydroxylation is 3. The summed E-state index contributed by atoms with van der Waals surface area (Å²) in [7, 11) is 0. The lowest BCUT2D eigenvalue weighted by Gasteiger charge is -2.12. The second-order valence-corrected chi connectivity index (χ2v) is 6.07. The van der Waals surface area contributed by atoms with Crippen LogP contribution < -0.4 is 10.1 Å². The minimum atomic E-state index is -0.146. The Morgan fingerprint density at radius 1 is 1.12 bits per heavy atom. The van der Waals surface area contributed by atoms with Crippen LogP contribution in [0.1, 0.15) is 27.8 Å². The zero-order valence-corrected chi connectivity index (χ0v) is 14.6. The summed E-state index contributed by atoms with van der Waals surface area (Å²) in [4.78, 5) is 11.9. The predicted molar refractivity (Wildman–Crippen MR) is 95.2 cm³/mol. The maximum Gasteiger partial charge on any atom is 0.257 e. The molecule has 2 N–H and O–H groups in total. The van der Waals surface area contributed by atoms with Crippen molar-refractivity contribution < 1.29 is 14.6 Å². The van der Waals surface area contributed by atoms with Crippen molar-refractivity contribution in [2.24, 2.45) is 0 Å². The first-order valence-electron chi connectivity index (χ1n) is 8.15. The van der Waals surface area contributed by atoms with Crippen molar-refractivity contribution in [1.29, 1.82) is 0 Å². The number of aliphatic hydroxyl groups is 1. The van der Waals surface area contributed by atoms with Gasteiger partial charge in [-0.15, -0.1) is 0 Å². The van der Waals surface area contributed by atoms with Gasteiger partial charge < -0.3 is 15.2 Å². The molecule has 1 amide bonds. The molecule has 2 aromatic rings. The lowest BCUT2D eigenvalue weighted by atomic mass is 9.97. The van der Waals surface area contributed by atoms with Crippen LogP contribution in [0.15, 0.2) is 36.4 Å². The highest BCUT2D eigenvalue weighted by Gasteiger charge is 2.06. The molecular formula is C20H25NO3. The molecule has 0 heterocycles.